The van der Waals surface area contributed by atoms with Gasteiger partial charge in [0, 0.05) is 0 Å². The number of thiol groups is 1. The van der Waals surface area contributed by atoms with Crippen molar-refractivity contribution in [2.45, 2.75) is 18.8 Å². The third kappa shape index (κ3) is 1.37. The SMILES string of the molecule is CNC1OC1CCS. The van der Waals surface area contributed by atoms with E-state index in [1.54, 1.807) is 0 Å². The van der Waals surface area contributed by atoms with Crippen LogP contribution in [0.4, 0.5) is 0 Å². The molecule has 0 aliphatic carbocycles. The van der Waals surface area contributed by atoms with Crippen LogP contribution in [0.5, 0.6) is 0 Å². The fourth-order valence-corrected chi connectivity index (χ4v) is 0.998. The zero-order chi connectivity index (χ0) is 5.98. The molecule has 0 radical (unpaired) electrons. The average molecular weight is 133 g/mol. The predicted molar refractivity (Wildman–Crippen MR) is 36.2 cm³/mol. The molecule has 0 aromatic heterocycles. The van der Waals surface area contributed by atoms with Gasteiger partial charge in [0.2, 0.25) is 0 Å². The van der Waals surface area contributed by atoms with Crippen molar-refractivity contribution in [2.75, 3.05) is 12.8 Å². The van der Waals surface area contributed by atoms with Gasteiger partial charge in [0.25, 0.3) is 0 Å². The van der Waals surface area contributed by atoms with Gasteiger partial charge in [-0.3, -0.25) is 5.32 Å². The molecular weight excluding hydrogens is 122 g/mol. The van der Waals surface area contributed by atoms with Gasteiger partial charge < -0.3 is 4.74 Å². The van der Waals surface area contributed by atoms with Crippen LogP contribution in [-0.4, -0.2) is 25.1 Å². The molecule has 3 heteroatoms. The quantitative estimate of drug-likeness (QED) is 0.426. The standard InChI is InChI=1S/C5H11NOS/c1-6-5-4(7-5)2-3-8/h4-6,8H,2-3H2,1H3. The van der Waals surface area contributed by atoms with Gasteiger partial charge in [-0.15, -0.1) is 0 Å². The van der Waals surface area contributed by atoms with Gasteiger partial charge in [0.1, 0.15) is 6.23 Å². The summed E-state index contributed by atoms with van der Waals surface area (Å²) in [4.78, 5) is 0. The molecule has 48 valence electrons. The van der Waals surface area contributed by atoms with Crippen molar-refractivity contribution < 1.29 is 4.74 Å². The number of nitrogens with one attached hydrogen (secondary N) is 1. The number of hydrogen-bond donors (Lipinski definition) is 2. The normalized spacial score (nSPS) is 35.2. The lowest BCUT2D eigenvalue weighted by molar-refractivity contribution is 0.352. The zero-order valence-electron chi connectivity index (χ0n) is 4.92. The molecule has 1 saturated heterocycles. The van der Waals surface area contributed by atoms with Crippen molar-refractivity contribution in [3.8, 4) is 0 Å². The number of ether oxygens (including phenoxy) is 1. The van der Waals surface area contributed by atoms with E-state index < -0.39 is 0 Å². The molecular formula is C5H11NOS. The molecule has 0 amide bonds. The Hall–Kier alpha value is 0.270. The molecule has 2 atom stereocenters. The minimum absolute atomic E-state index is 0.321. The average Bonchev–Trinajstić information content (AvgIpc) is 2.48. The van der Waals surface area contributed by atoms with Crippen LogP contribution in [0.15, 0.2) is 0 Å². The molecule has 1 fully saturated rings. The van der Waals surface area contributed by atoms with Crippen LogP contribution in [0.2, 0.25) is 0 Å². The van der Waals surface area contributed by atoms with Crippen molar-refractivity contribution in [2.24, 2.45) is 0 Å². The first-order valence-corrected chi connectivity index (χ1v) is 3.45. The van der Waals surface area contributed by atoms with E-state index in [0.717, 1.165) is 12.2 Å². The van der Waals surface area contributed by atoms with Gasteiger partial charge in [0.05, 0.1) is 6.10 Å². The zero-order valence-corrected chi connectivity index (χ0v) is 5.82. The van der Waals surface area contributed by atoms with E-state index in [1.165, 1.54) is 0 Å². The highest BCUT2D eigenvalue weighted by atomic mass is 32.1. The number of hydrogen-bond acceptors (Lipinski definition) is 3. The maximum Gasteiger partial charge on any atom is 0.135 e. The summed E-state index contributed by atoms with van der Waals surface area (Å²) in [5.41, 5.74) is 0. The fraction of sp³-hybridized carbons (Fsp3) is 1.00. The van der Waals surface area contributed by atoms with Crippen molar-refractivity contribution in [3.63, 3.8) is 0 Å². The van der Waals surface area contributed by atoms with Crippen LogP contribution in [0.1, 0.15) is 6.42 Å². The summed E-state index contributed by atoms with van der Waals surface area (Å²) < 4.78 is 5.15. The van der Waals surface area contributed by atoms with E-state index in [9.17, 15) is 0 Å². The summed E-state index contributed by atoms with van der Waals surface area (Å²) >= 11 is 4.07. The summed E-state index contributed by atoms with van der Waals surface area (Å²) in [6.45, 7) is 0. The Bertz CT molecular complexity index is 78.8. The van der Waals surface area contributed by atoms with Gasteiger partial charge in [-0.1, -0.05) is 0 Å². The molecule has 1 aliphatic rings. The number of epoxide rings is 1. The maximum atomic E-state index is 5.15. The van der Waals surface area contributed by atoms with Gasteiger partial charge in [0.15, 0.2) is 0 Å². The smallest absolute Gasteiger partial charge is 0.135 e. The minimum atomic E-state index is 0.321. The third-order valence-electron chi connectivity index (χ3n) is 1.28. The lowest BCUT2D eigenvalue weighted by Crippen LogP contribution is -2.13. The minimum Gasteiger partial charge on any atom is -0.353 e. The summed E-state index contributed by atoms with van der Waals surface area (Å²) in [6, 6.07) is 0. The summed E-state index contributed by atoms with van der Waals surface area (Å²) in [5, 5.41) is 3.02. The highest BCUT2D eigenvalue weighted by Crippen LogP contribution is 2.21. The van der Waals surface area contributed by atoms with Crippen molar-refractivity contribution in [1.29, 1.82) is 0 Å². The van der Waals surface area contributed by atoms with E-state index in [2.05, 4.69) is 17.9 Å². The second-order valence-corrected chi connectivity index (χ2v) is 2.34. The Morgan fingerprint density at radius 1 is 1.75 bits per heavy atom. The van der Waals surface area contributed by atoms with Gasteiger partial charge in [-0.2, -0.15) is 12.6 Å². The monoisotopic (exact) mass is 133 g/mol. The van der Waals surface area contributed by atoms with Crippen molar-refractivity contribution in [3.05, 3.63) is 0 Å². The van der Waals surface area contributed by atoms with Crippen LogP contribution < -0.4 is 5.32 Å². The lowest BCUT2D eigenvalue weighted by Gasteiger charge is -1.85. The maximum absolute atomic E-state index is 5.15. The first kappa shape index (κ1) is 6.39. The Balaban J connectivity index is 1.99. The van der Waals surface area contributed by atoms with Crippen LogP contribution in [0.3, 0.4) is 0 Å². The van der Waals surface area contributed by atoms with Gasteiger partial charge in [-0.05, 0) is 19.2 Å². The molecule has 8 heavy (non-hydrogen) atoms. The Morgan fingerprint density at radius 2 is 2.50 bits per heavy atom. The molecule has 0 aromatic rings. The van der Waals surface area contributed by atoms with Gasteiger partial charge in [-0.25, -0.2) is 0 Å². The van der Waals surface area contributed by atoms with Crippen LogP contribution in [0.25, 0.3) is 0 Å². The molecule has 0 spiro atoms. The van der Waals surface area contributed by atoms with Crippen LogP contribution >= 0.6 is 12.6 Å². The highest BCUT2D eigenvalue weighted by molar-refractivity contribution is 7.80. The second kappa shape index (κ2) is 2.71. The fourth-order valence-electron chi connectivity index (χ4n) is 0.744. The Kier molecular flexibility index (Phi) is 2.16. The predicted octanol–water partition coefficient (Wildman–Crippen LogP) is 0.251. The lowest BCUT2D eigenvalue weighted by atomic mass is 10.3. The largest absolute Gasteiger partial charge is 0.353 e. The molecule has 0 bridgehead atoms. The van der Waals surface area contributed by atoms with E-state index in [-0.39, 0.29) is 0 Å². The molecule has 1 heterocycles. The molecule has 1 aliphatic heterocycles. The van der Waals surface area contributed by atoms with E-state index >= 15 is 0 Å². The first-order chi connectivity index (χ1) is 3.88. The first-order valence-electron chi connectivity index (χ1n) is 2.82. The Labute approximate surface area is 55.0 Å². The molecule has 0 aromatic carbocycles. The number of rotatable bonds is 3. The molecule has 2 nitrogen and oxygen atoms in total. The number of likely N-dealkylation sites (N-methyl/N-ethyl adjacent to an activating group) is 1. The van der Waals surface area contributed by atoms with E-state index in [1.807, 2.05) is 7.05 Å². The van der Waals surface area contributed by atoms with Crippen molar-refractivity contribution in [1.82, 2.24) is 5.32 Å². The van der Waals surface area contributed by atoms with Crippen LogP contribution in [0, 0.1) is 0 Å². The van der Waals surface area contributed by atoms with E-state index in [4.69, 9.17) is 4.74 Å². The topological polar surface area (TPSA) is 24.6 Å². The summed E-state index contributed by atoms with van der Waals surface area (Å²) in [5.74, 6) is 0.919. The molecule has 1 rings (SSSR count). The van der Waals surface area contributed by atoms with Gasteiger partial charge >= 0.3 is 0 Å². The third-order valence-corrected chi connectivity index (χ3v) is 1.54. The van der Waals surface area contributed by atoms with Crippen molar-refractivity contribution >= 4 is 12.6 Å². The molecule has 1 N–H and O–H groups in total. The summed E-state index contributed by atoms with van der Waals surface area (Å²) in [7, 11) is 1.91. The molecule has 2 unspecified atom stereocenters. The Morgan fingerprint density at radius 3 is 2.88 bits per heavy atom. The second-order valence-electron chi connectivity index (χ2n) is 1.90. The summed E-state index contributed by atoms with van der Waals surface area (Å²) in [6.07, 6.45) is 1.83. The molecule has 0 saturated carbocycles. The van der Waals surface area contributed by atoms with E-state index in [0.29, 0.717) is 12.3 Å². The van der Waals surface area contributed by atoms with Crippen LogP contribution in [-0.2, 0) is 4.74 Å². The highest BCUT2D eigenvalue weighted by Gasteiger charge is 2.35.